The first-order valence-corrected chi connectivity index (χ1v) is 8.30. The molecule has 0 unspecified atom stereocenters. The summed E-state index contributed by atoms with van der Waals surface area (Å²) in [6, 6.07) is 10.1. The fourth-order valence-electron chi connectivity index (χ4n) is 3.55. The van der Waals surface area contributed by atoms with E-state index in [0.29, 0.717) is 23.4 Å². The predicted octanol–water partition coefficient (Wildman–Crippen LogP) is 3.18. The van der Waals surface area contributed by atoms with E-state index in [1.165, 1.54) is 6.07 Å². The Morgan fingerprint density at radius 1 is 1.27 bits per heavy atom. The van der Waals surface area contributed by atoms with Crippen LogP contribution in [0.1, 0.15) is 33.5 Å². The summed E-state index contributed by atoms with van der Waals surface area (Å²) < 4.78 is 13.9. The quantitative estimate of drug-likeness (QED) is 0.858. The molecule has 4 rings (SSSR count). The van der Waals surface area contributed by atoms with Gasteiger partial charge in [-0.15, -0.1) is 0 Å². The number of anilines is 1. The molecule has 2 aliphatic heterocycles. The van der Waals surface area contributed by atoms with Crippen LogP contribution < -0.4 is 4.90 Å². The summed E-state index contributed by atoms with van der Waals surface area (Å²) in [7, 11) is 0. The summed E-state index contributed by atoms with van der Waals surface area (Å²) in [5.74, 6) is -0.758. The maximum absolute atomic E-state index is 13.9. The monoisotopic (exact) mass is 349 g/mol. The zero-order valence-corrected chi connectivity index (χ0v) is 14.4. The molecule has 0 aromatic heterocycles. The molecule has 0 bridgehead atoms. The minimum atomic E-state index is -1.75. The van der Waals surface area contributed by atoms with Crippen LogP contribution in [0, 0.1) is 31.0 Å². The third-order valence-corrected chi connectivity index (χ3v) is 5.09. The van der Waals surface area contributed by atoms with E-state index in [1.54, 1.807) is 24.0 Å². The molecule has 0 saturated carbocycles. The van der Waals surface area contributed by atoms with Gasteiger partial charge >= 0.3 is 0 Å². The molecule has 1 N–H and O–H groups in total. The Morgan fingerprint density at radius 3 is 2.73 bits per heavy atom. The molecule has 2 aliphatic rings. The summed E-state index contributed by atoms with van der Waals surface area (Å²) in [5, 5.41) is 20.1. The van der Waals surface area contributed by atoms with E-state index in [-0.39, 0.29) is 17.8 Å². The van der Waals surface area contributed by atoms with Gasteiger partial charge in [0.25, 0.3) is 0 Å². The molecule has 6 heteroatoms. The van der Waals surface area contributed by atoms with Crippen molar-refractivity contribution in [2.24, 2.45) is 4.99 Å². The highest BCUT2D eigenvalue weighted by Gasteiger charge is 2.52. The van der Waals surface area contributed by atoms with E-state index < -0.39 is 17.2 Å². The number of ketones is 1. The highest BCUT2D eigenvalue weighted by atomic mass is 19.1. The number of fused-ring (bicyclic) bond motifs is 2. The van der Waals surface area contributed by atoms with Gasteiger partial charge in [0.2, 0.25) is 5.78 Å². The van der Waals surface area contributed by atoms with Crippen molar-refractivity contribution >= 4 is 23.0 Å². The molecular formula is C20H16FN3O2. The summed E-state index contributed by atoms with van der Waals surface area (Å²) in [4.78, 5) is 19.1. The maximum Gasteiger partial charge on any atom is 0.204 e. The van der Waals surface area contributed by atoms with Gasteiger partial charge < -0.3 is 10.0 Å². The van der Waals surface area contributed by atoms with Crippen LogP contribution in [0.3, 0.4) is 0 Å². The average molecular weight is 349 g/mol. The lowest BCUT2D eigenvalue weighted by Gasteiger charge is -2.30. The van der Waals surface area contributed by atoms with Crippen molar-refractivity contribution in [2.75, 3.05) is 11.4 Å². The number of hydrogen-bond acceptors (Lipinski definition) is 5. The van der Waals surface area contributed by atoms with Crippen LogP contribution in [0.2, 0.25) is 0 Å². The standard InChI is InChI=1S/C20H16FN3O2/c1-11-7-14(4-3-13(11)10-22)24-6-5-20(26)18(25)15-9-16(21)12(2)8-17(15)23-19(20)24/h3-4,7-9,26H,5-6H2,1-2H3/t20-/m1/s1. The highest BCUT2D eigenvalue weighted by Crippen LogP contribution is 2.40. The zero-order valence-electron chi connectivity index (χ0n) is 14.4. The van der Waals surface area contributed by atoms with Gasteiger partial charge in [-0.25, -0.2) is 9.38 Å². The van der Waals surface area contributed by atoms with Crippen LogP contribution in [0.25, 0.3) is 0 Å². The normalized spacial score (nSPS) is 21.1. The maximum atomic E-state index is 13.9. The van der Waals surface area contributed by atoms with Gasteiger partial charge in [0.05, 0.1) is 17.3 Å². The van der Waals surface area contributed by atoms with Gasteiger partial charge in [0.15, 0.2) is 5.60 Å². The largest absolute Gasteiger partial charge is 0.374 e. The minimum Gasteiger partial charge on any atom is -0.374 e. The Morgan fingerprint density at radius 2 is 2.04 bits per heavy atom. The average Bonchev–Trinajstić information content (AvgIpc) is 2.95. The molecule has 130 valence electrons. The molecular weight excluding hydrogens is 333 g/mol. The Labute approximate surface area is 150 Å². The second kappa shape index (κ2) is 5.48. The molecule has 0 amide bonds. The van der Waals surface area contributed by atoms with E-state index in [1.807, 2.05) is 13.0 Å². The molecule has 2 aromatic carbocycles. The molecule has 1 atom stereocenters. The lowest BCUT2D eigenvalue weighted by Crippen LogP contribution is -2.48. The van der Waals surface area contributed by atoms with Crippen molar-refractivity contribution in [1.29, 1.82) is 5.26 Å². The molecule has 1 fully saturated rings. The number of aliphatic hydroxyl groups is 1. The topological polar surface area (TPSA) is 76.7 Å². The number of nitrogens with zero attached hydrogens (tertiary/aromatic N) is 3. The summed E-state index contributed by atoms with van der Waals surface area (Å²) in [6.07, 6.45) is 0.179. The van der Waals surface area contributed by atoms with Crippen molar-refractivity contribution in [3.05, 3.63) is 58.4 Å². The van der Waals surface area contributed by atoms with E-state index in [9.17, 15) is 14.3 Å². The number of benzene rings is 2. The Bertz CT molecular complexity index is 1040. The molecule has 1 saturated heterocycles. The summed E-state index contributed by atoms with van der Waals surface area (Å²) in [6.45, 7) is 3.85. The summed E-state index contributed by atoms with van der Waals surface area (Å²) >= 11 is 0. The molecule has 0 aliphatic carbocycles. The number of nitriles is 1. The number of hydrogen-bond donors (Lipinski definition) is 1. The fraction of sp³-hybridized carbons (Fsp3) is 0.250. The fourth-order valence-corrected chi connectivity index (χ4v) is 3.55. The number of rotatable bonds is 1. The van der Waals surface area contributed by atoms with Crippen molar-refractivity contribution < 1.29 is 14.3 Å². The molecule has 26 heavy (non-hydrogen) atoms. The molecule has 0 radical (unpaired) electrons. The van der Waals surface area contributed by atoms with Gasteiger partial charge in [-0.05, 0) is 55.3 Å². The number of halogens is 1. The van der Waals surface area contributed by atoms with Crippen LogP contribution in [-0.4, -0.2) is 28.9 Å². The van der Waals surface area contributed by atoms with E-state index in [0.717, 1.165) is 17.3 Å². The predicted molar refractivity (Wildman–Crippen MR) is 95.4 cm³/mol. The SMILES string of the molecule is Cc1cc2c(cc1F)C(=O)[C@]1(O)CCN(c3ccc(C#N)c(C)c3)C1=N2. The van der Waals surface area contributed by atoms with Gasteiger partial charge in [-0.2, -0.15) is 5.26 Å². The number of carbonyl (C=O) groups excluding carboxylic acids is 1. The molecule has 2 heterocycles. The van der Waals surface area contributed by atoms with Gasteiger partial charge in [-0.1, -0.05) is 0 Å². The second-order valence-electron chi connectivity index (χ2n) is 6.76. The van der Waals surface area contributed by atoms with E-state index in [4.69, 9.17) is 5.26 Å². The minimum absolute atomic E-state index is 0.109. The Balaban J connectivity index is 1.86. The van der Waals surface area contributed by atoms with Gasteiger partial charge in [-0.3, -0.25) is 4.79 Å². The van der Waals surface area contributed by atoms with Gasteiger partial charge in [0.1, 0.15) is 11.7 Å². The number of amidine groups is 1. The van der Waals surface area contributed by atoms with Crippen LogP contribution in [0.5, 0.6) is 0 Å². The first-order valence-electron chi connectivity index (χ1n) is 8.30. The third kappa shape index (κ3) is 2.18. The lowest BCUT2D eigenvalue weighted by molar-refractivity contribution is 0.0601. The zero-order chi connectivity index (χ0) is 18.6. The van der Waals surface area contributed by atoms with Crippen LogP contribution in [0.4, 0.5) is 15.8 Å². The van der Waals surface area contributed by atoms with Crippen molar-refractivity contribution in [2.45, 2.75) is 25.9 Å². The molecule has 2 aromatic rings. The number of aryl methyl sites for hydroxylation is 2. The first kappa shape index (κ1) is 16.4. The van der Waals surface area contributed by atoms with Gasteiger partial charge in [0, 0.05) is 24.2 Å². The molecule has 0 spiro atoms. The first-order chi connectivity index (χ1) is 12.3. The number of Topliss-reactive ketones (excluding diaryl/α,β-unsaturated/α-hetero) is 1. The van der Waals surface area contributed by atoms with E-state index >= 15 is 0 Å². The van der Waals surface area contributed by atoms with Crippen LogP contribution in [0.15, 0.2) is 35.3 Å². The van der Waals surface area contributed by atoms with Crippen molar-refractivity contribution in [1.82, 2.24) is 0 Å². The van der Waals surface area contributed by atoms with E-state index in [2.05, 4.69) is 11.1 Å². The second-order valence-corrected chi connectivity index (χ2v) is 6.76. The Hall–Kier alpha value is -3.04. The van der Waals surface area contributed by atoms with Crippen LogP contribution >= 0.6 is 0 Å². The molecule has 5 nitrogen and oxygen atoms in total. The lowest BCUT2D eigenvalue weighted by atomic mass is 9.87. The smallest absolute Gasteiger partial charge is 0.204 e. The van der Waals surface area contributed by atoms with Crippen molar-refractivity contribution in [3.63, 3.8) is 0 Å². The van der Waals surface area contributed by atoms with Crippen molar-refractivity contribution in [3.8, 4) is 6.07 Å². The number of aliphatic imine (C=N–C) groups is 1. The third-order valence-electron chi connectivity index (χ3n) is 5.09. The van der Waals surface area contributed by atoms with Crippen LogP contribution in [-0.2, 0) is 0 Å². The highest BCUT2D eigenvalue weighted by molar-refractivity contribution is 6.28. The number of carbonyl (C=O) groups is 1. The summed E-state index contributed by atoms with van der Waals surface area (Å²) in [5.41, 5.74) is 1.25. The Kier molecular flexibility index (Phi) is 3.46.